The van der Waals surface area contributed by atoms with E-state index in [1.807, 2.05) is 44.2 Å². The summed E-state index contributed by atoms with van der Waals surface area (Å²) in [6, 6.07) is 11.3. The van der Waals surface area contributed by atoms with Crippen LogP contribution in [-0.4, -0.2) is 22.5 Å². The van der Waals surface area contributed by atoms with Crippen LogP contribution in [0.4, 0.5) is 5.95 Å². The van der Waals surface area contributed by atoms with Gasteiger partial charge in [0.2, 0.25) is 11.9 Å². The molecule has 0 saturated carbocycles. The molecule has 5 heteroatoms. The molecule has 2 rings (SSSR count). The second-order valence-electron chi connectivity index (χ2n) is 4.86. The van der Waals surface area contributed by atoms with Crippen molar-refractivity contribution in [3.05, 3.63) is 48.3 Å². The molecule has 1 heterocycles. The molecule has 0 aliphatic heterocycles. The molecule has 0 fully saturated rings. The van der Waals surface area contributed by atoms with Crippen molar-refractivity contribution < 1.29 is 9.53 Å². The summed E-state index contributed by atoms with van der Waals surface area (Å²) in [6.07, 6.45) is 2.26. The summed E-state index contributed by atoms with van der Waals surface area (Å²) < 4.78 is 5.58. The molecule has 2 aromatic rings. The van der Waals surface area contributed by atoms with Crippen molar-refractivity contribution in [1.29, 1.82) is 0 Å². The van der Waals surface area contributed by atoms with E-state index in [9.17, 15) is 4.79 Å². The lowest BCUT2D eigenvalue weighted by Crippen LogP contribution is -2.23. The molecule has 5 nitrogen and oxygen atoms in total. The largest absolute Gasteiger partial charge is 0.494 e. The van der Waals surface area contributed by atoms with Crippen molar-refractivity contribution >= 4 is 11.9 Å². The van der Waals surface area contributed by atoms with Gasteiger partial charge in [0.05, 0.1) is 6.61 Å². The van der Waals surface area contributed by atoms with Gasteiger partial charge in [0.15, 0.2) is 0 Å². The van der Waals surface area contributed by atoms with Crippen LogP contribution in [-0.2, 0) is 4.79 Å². The third kappa shape index (κ3) is 4.87. The number of amides is 1. The van der Waals surface area contributed by atoms with E-state index in [0.29, 0.717) is 19.0 Å². The van der Waals surface area contributed by atoms with Gasteiger partial charge in [-0.25, -0.2) is 9.97 Å². The molecule has 1 amide bonds. The summed E-state index contributed by atoms with van der Waals surface area (Å²) in [6.45, 7) is 4.21. The Kier molecular flexibility index (Phi) is 5.26. The normalized spacial score (nSPS) is 11.7. The average molecular weight is 285 g/mol. The molecule has 0 bridgehead atoms. The SMILES string of the molecule is Cc1ccnc(NC(=O)[C@@H](C)CCOc2ccccc2)n1. The van der Waals surface area contributed by atoms with E-state index >= 15 is 0 Å². The Morgan fingerprint density at radius 3 is 2.76 bits per heavy atom. The zero-order valence-corrected chi connectivity index (χ0v) is 12.2. The number of aromatic nitrogens is 2. The number of para-hydroxylation sites is 1. The predicted molar refractivity (Wildman–Crippen MR) is 81.1 cm³/mol. The summed E-state index contributed by atoms with van der Waals surface area (Å²) in [5.74, 6) is 0.887. The van der Waals surface area contributed by atoms with Gasteiger partial charge in [-0.1, -0.05) is 25.1 Å². The number of benzene rings is 1. The quantitative estimate of drug-likeness (QED) is 0.886. The summed E-state index contributed by atoms with van der Waals surface area (Å²) in [7, 11) is 0. The zero-order valence-electron chi connectivity index (χ0n) is 12.2. The summed E-state index contributed by atoms with van der Waals surface area (Å²) in [4.78, 5) is 20.2. The van der Waals surface area contributed by atoms with Gasteiger partial charge in [-0.2, -0.15) is 0 Å². The van der Waals surface area contributed by atoms with Gasteiger partial charge in [0, 0.05) is 17.8 Å². The van der Waals surface area contributed by atoms with Crippen molar-refractivity contribution in [2.75, 3.05) is 11.9 Å². The van der Waals surface area contributed by atoms with Crippen LogP contribution in [0.2, 0.25) is 0 Å². The third-order valence-electron chi connectivity index (χ3n) is 3.04. The Balaban J connectivity index is 1.77. The Morgan fingerprint density at radius 1 is 1.29 bits per heavy atom. The number of hydrogen-bond donors (Lipinski definition) is 1. The Labute approximate surface area is 124 Å². The van der Waals surface area contributed by atoms with Gasteiger partial charge in [0.25, 0.3) is 0 Å². The Hall–Kier alpha value is -2.43. The summed E-state index contributed by atoms with van der Waals surface area (Å²) in [5.41, 5.74) is 0.820. The fourth-order valence-electron chi connectivity index (χ4n) is 1.74. The highest BCUT2D eigenvalue weighted by Crippen LogP contribution is 2.11. The van der Waals surface area contributed by atoms with E-state index < -0.39 is 0 Å². The van der Waals surface area contributed by atoms with E-state index in [-0.39, 0.29) is 11.8 Å². The van der Waals surface area contributed by atoms with Crippen molar-refractivity contribution in [2.45, 2.75) is 20.3 Å². The molecule has 0 aliphatic rings. The van der Waals surface area contributed by atoms with Gasteiger partial charge in [-0.3, -0.25) is 10.1 Å². The van der Waals surface area contributed by atoms with Gasteiger partial charge in [-0.05, 0) is 31.5 Å². The van der Waals surface area contributed by atoms with Crippen LogP contribution in [0.15, 0.2) is 42.6 Å². The van der Waals surface area contributed by atoms with Crippen LogP contribution in [0, 0.1) is 12.8 Å². The lowest BCUT2D eigenvalue weighted by atomic mass is 10.1. The first-order valence-corrected chi connectivity index (χ1v) is 6.93. The number of aryl methyl sites for hydroxylation is 1. The number of nitrogens with zero attached hydrogens (tertiary/aromatic N) is 2. The van der Waals surface area contributed by atoms with E-state index in [1.54, 1.807) is 12.3 Å². The topological polar surface area (TPSA) is 64.1 Å². The Morgan fingerprint density at radius 2 is 2.05 bits per heavy atom. The maximum absolute atomic E-state index is 12.0. The van der Waals surface area contributed by atoms with E-state index in [1.165, 1.54) is 0 Å². The fraction of sp³-hybridized carbons (Fsp3) is 0.312. The second-order valence-corrected chi connectivity index (χ2v) is 4.86. The summed E-state index contributed by atoms with van der Waals surface area (Å²) in [5, 5.41) is 2.71. The van der Waals surface area contributed by atoms with Crippen LogP contribution in [0.1, 0.15) is 19.0 Å². The number of carbonyl (C=O) groups excluding carboxylic acids is 1. The standard InChI is InChI=1S/C16H19N3O2/c1-12(9-11-21-14-6-4-3-5-7-14)15(20)19-16-17-10-8-13(2)18-16/h3-8,10,12H,9,11H2,1-2H3,(H,17,18,19,20)/t12-/m0/s1. The highest BCUT2D eigenvalue weighted by molar-refractivity contribution is 5.90. The first kappa shape index (κ1) is 15.0. The van der Waals surface area contributed by atoms with Crippen LogP contribution < -0.4 is 10.1 Å². The highest BCUT2D eigenvalue weighted by Gasteiger charge is 2.14. The Bertz CT molecular complexity index is 587. The lowest BCUT2D eigenvalue weighted by Gasteiger charge is -2.12. The van der Waals surface area contributed by atoms with Gasteiger partial charge < -0.3 is 4.74 Å². The molecule has 1 aromatic heterocycles. The summed E-state index contributed by atoms with van der Waals surface area (Å²) >= 11 is 0. The van der Waals surface area contributed by atoms with E-state index in [0.717, 1.165) is 11.4 Å². The lowest BCUT2D eigenvalue weighted by molar-refractivity contribution is -0.119. The predicted octanol–water partition coefficient (Wildman–Crippen LogP) is 2.83. The molecule has 0 unspecified atom stereocenters. The van der Waals surface area contributed by atoms with Crippen LogP contribution in [0.25, 0.3) is 0 Å². The first-order chi connectivity index (χ1) is 10.1. The molecule has 21 heavy (non-hydrogen) atoms. The molecule has 0 spiro atoms. The van der Waals surface area contributed by atoms with Crippen LogP contribution >= 0.6 is 0 Å². The van der Waals surface area contributed by atoms with Gasteiger partial charge in [-0.15, -0.1) is 0 Å². The number of nitrogens with one attached hydrogen (secondary N) is 1. The van der Waals surface area contributed by atoms with E-state index in [2.05, 4.69) is 15.3 Å². The van der Waals surface area contributed by atoms with Gasteiger partial charge >= 0.3 is 0 Å². The molecule has 1 atom stereocenters. The first-order valence-electron chi connectivity index (χ1n) is 6.93. The molecule has 1 aromatic carbocycles. The molecule has 0 saturated heterocycles. The molecule has 110 valence electrons. The van der Waals surface area contributed by atoms with Crippen LogP contribution in [0.5, 0.6) is 5.75 Å². The minimum absolute atomic E-state index is 0.0998. The van der Waals surface area contributed by atoms with Crippen molar-refractivity contribution in [1.82, 2.24) is 9.97 Å². The molecule has 0 aliphatic carbocycles. The maximum atomic E-state index is 12.0. The number of ether oxygens (including phenoxy) is 1. The molecule has 0 radical (unpaired) electrons. The maximum Gasteiger partial charge on any atom is 0.229 e. The van der Waals surface area contributed by atoms with Crippen molar-refractivity contribution in [2.24, 2.45) is 5.92 Å². The smallest absolute Gasteiger partial charge is 0.229 e. The fourth-order valence-corrected chi connectivity index (χ4v) is 1.74. The van der Waals surface area contributed by atoms with Crippen molar-refractivity contribution in [3.63, 3.8) is 0 Å². The monoisotopic (exact) mass is 285 g/mol. The average Bonchev–Trinajstić information content (AvgIpc) is 2.48. The highest BCUT2D eigenvalue weighted by atomic mass is 16.5. The second kappa shape index (κ2) is 7.38. The third-order valence-corrected chi connectivity index (χ3v) is 3.04. The molecule has 1 N–H and O–H groups in total. The van der Waals surface area contributed by atoms with Gasteiger partial charge in [0.1, 0.15) is 5.75 Å². The minimum atomic E-state index is -0.169. The van der Waals surface area contributed by atoms with Crippen molar-refractivity contribution in [3.8, 4) is 5.75 Å². The number of rotatable bonds is 6. The minimum Gasteiger partial charge on any atom is -0.494 e. The van der Waals surface area contributed by atoms with E-state index in [4.69, 9.17) is 4.74 Å². The molecular formula is C16H19N3O2. The number of carbonyl (C=O) groups is 1. The number of hydrogen-bond acceptors (Lipinski definition) is 4. The molecular weight excluding hydrogens is 266 g/mol. The van der Waals surface area contributed by atoms with Crippen LogP contribution in [0.3, 0.4) is 0 Å². The zero-order chi connectivity index (χ0) is 15.1. The number of anilines is 1.